The molecule has 2 aromatic rings. The summed E-state index contributed by atoms with van der Waals surface area (Å²) in [6.45, 7) is 4.24. The lowest BCUT2D eigenvalue weighted by Crippen LogP contribution is -2.03. The van der Waals surface area contributed by atoms with Crippen LogP contribution in [0.25, 0.3) is 11.0 Å². The molecule has 84 valence electrons. The molecule has 1 aromatic carbocycles. The molecule has 1 saturated carbocycles. The predicted octanol–water partition coefficient (Wildman–Crippen LogP) is 2.67. The molecule has 0 spiro atoms. The van der Waals surface area contributed by atoms with Gasteiger partial charge in [0.05, 0.1) is 16.6 Å². The highest BCUT2D eigenvalue weighted by molar-refractivity contribution is 5.76. The van der Waals surface area contributed by atoms with Crippen molar-refractivity contribution in [1.82, 2.24) is 9.97 Å². The normalized spacial score (nSPS) is 18.2. The number of aromatic nitrogens is 2. The van der Waals surface area contributed by atoms with Gasteiger partial charge in [-0.05, 0) is 30.5 Å². The maximum Gasteiger partial charge on any atom is 0.109 e. The summed E-state index contributed by atoms with van der Waals surface area (Å²) in [4.78, 5) is 7.83. The first kappa shape index (κ1) is 9.85. The van der Waals surface area contributed by atoms with E-state index in [-0.39, 0.29) is 0 Å². The van der Waals surface area contributed by atoms with Gasteiger partial charge in [0.1, 0.15) is 5.82 Å². The molecule has 0 atom stereocenters. The van der Waals surface area contributed by atoms with Crippen LogP contribution in [0.2, 0.25) is 0 Å². The third-order valence-electron chi connectivity index (χ3n) is 3.31. The number of H-pyrrole nitrogens is 1. The number of benzene rings is 1. The third-order valence-corrected chi connectivity index (χ3v) is 3.31. The maximum atomic E-state index is 10.0. The first-order chi connectivity index (χ1) is 7.58. The molecule has 0 saturated heterocycles. The summed E-state index contributed by atoms with van der Waals surface area (Å²) in [5.74, 6) is 1.41. The number of aliphatic hydroxyl groups is 1. The number of hydrogen-bond acceptors (Lipinski definition) is 2. The summed E-state index contributed by atoms with van der Waals surface area (Å²) >= 11 is 0. The van der Waals surface area contributed by atoms with Crippen LogP contribution in [0.15, 0.2) is 18.2 Å². The Morgan fingerprint density at radius 1 is 1.38 bits per heavy atom. The Labute approximate surface area is 94.5 Å². The number of imidazole rings is 1. The number of hydrogen-bond donors (Lipinski definition) is 2. The zero-order chi connectivity index (χ0) is 11.3. The van der Waals surface area contributed by atoms with Crippen molar-refractivity contribution in [3.8, 4) is 0 Å². The molecule has 3 nitrogen and oxygen atoms in total. The van der Waals surface area contributed by atoms with Gasteiger partial charge in [0, 0.05) is 5.92 Å². The Balaban J connectivity index is 2.10. The molecule has 0 unspecified atom stereocenters. The third kappa shape index (κ3) is 1.43. The molecule has 0 bridgehead atoms. The van der Waals surface area contributed by atoms with E-state index in [1.165, 1.54) is 0 Å². The summed E-state index contributed by atoms with van der Waals surface area (Å²) in [5, 5.41) is 10.0. The summed E-state index contributed by atoms with van der Waals surface area (Å²) in [5.41, 5.74) is 2.47. The average Bonchev–Trinajstić information content (AvgIpc) is 2.86. The molecule has 3 rings (SSSR count). The first-order valence-electron chi connectivity index (χ1n) is 5.81. The molecule has 0 aliphatic heterocycles. The number of aromatic amines is 1. The molecule has 1 aromatic heterocycles. The fourth-order valence-corrected chi connectivity index (χ4v) is 2.00. The van der Waals surface area contributed by atoms with Crippen LogP contribution >= 0.6 is 0 Å². The van der Waals surface area contributed by atoms with E-state index in [0.717, 1.165) is 35.3 Å². The summed E-state index contributed by atoms with van der Waals surface area (Å²) < 4.78 is 0. The molecule has 0 amide bonds. The van der Waals surface area contributed by atoms with Crippen LogP contribution in [0.5, 0.6) is 0 Å². The van der Waals surface area contributed by atoms with Crippen molar-refractivity contribution < 1.29 is 5.11 Å². The van der Waals surface area contributed by atoms with Gasteiger partial charge in [-0.3, -0.25) is 0 Å². The van der Waals surface area contributed by atoms with Crippen molar-refractivity contribution in [3.05, 3.63) is 29.6 Å². The Morgan fingerprint density at radius 2 is 2.12 bits per heavy atom. The van der Waals surface area contributed by atoms with Gasteiger partial charge in [0.25, 0.3) is 0 Å². The van der Waals surface area contributed by atoms with E-state index in [1.807, 2.05) is 18.2 Å². The topological polar surface area (TPSA) is 48.9 Å². The average molecular weight is 216 g/mol. The molecule has 0 radical (unpaired) electrons. The van der Waals surface area contributed by atoms with E-state index in [4.69, 9.17) is 0 Å². The van der Waals surface area contributed by atoms with Gasteiger partial charge in [-0.25, -0.2) is 4.98 Å². The Hall–Kier alpha value is -1.35. The minimum Gasteiger partial charge on any atom is -0.385 e. The van der Waals surface area contributed by atoms with Crippen LogP contribution < -0.4 is 0 Å². The molecule has 1 aliphatic carbocycles. The van der Waals surface area contributed by atoms with Crippen molar-refractivity contribution in [2.75, 3.05) is 0 Å². The van der Waals surface area contributed by atoms with E-state index >= 15 is 0 Å². The molecule has 3 heteroatoms. The Kier molecular flexibility index (Phi) is 1.89. The molecule has 1 fully saturated rings. The number of rotatable bonds is 2. The lowest BCUT2D eigenvalue weighted by molar-refractivity contribution is 0.151. The highest BCUT2D eigenvalue weighted by Crippen LogP contribution is 2.45. The number of nitrogens with one attached hydrogen (secondary N) is 1. The second-order valence-corrected chi connectivity index (χ2v) is 5.04. The zero-order valence-corrected chi connectivity index (χ0v) is 9.62. The monoisotopic (exact) mass is 216 g/mol. The maximum absolute atomic E-state index is 10.0. The van der Waals surface area contributed by atoms with Gasteiger partial charge in [0.15, 0.2) is 0 Å². The van der Waals surface area contributed by atoms with Crippen molar-refractivity contribution in [1.29, 1.82) is 0 Å². The second kappa shape index (κ2) is 3.08. The fourth-order valence-electron chi connectivity index (χ4n) is 2.00. The zero-order valence-electron chi connectivity index (χ0n) is 9.62. The van der Waals surface area contributed by atoms with Crippen LogP contribution in [-0.4, -0.2) is 15.1 Å². The van der Waals surface area contributed by atoms with E-state index in [1.54, 1.807) is 0 Å². The van der Waals surface area contributed by atoms with Crippen LogP contribution in [0.1, 0.15) is 44.0 Å². The standard InChI is InChI=1S/C13H16N2O/c1-8(2)12-14-10-4-3-9(7-11(10)15-12)13(16)5-6-13/h3-4,7-8,16H,5-6H2,1-2H3,(H,14,15). The van der Waals surface area contributed by atoms with Gasteiger partial charge in [-0.15, -0.1) is 0 Å². The van der Waals surface area contributed by atoms with Gasteiger partial charge in [0.2, 0.25) is 0 Å². The quantitative estimate of drug-likeness (QED) is 0.810. The first-order valence-corrected chi connectivity index (χ1v) is 5.81. The molecular weight excluding hydrogens is 200 g/mol. The molecule has 1 aliphatic rings. The van der Waals surface area contributed by atoms with Gasteiger partial charge in [-0.2, -0.15) is 0 Å². The van der Waals surface area contributed by atoms with E-state index < -0.39 is 5.60 Å². The number of nitrogens with zero attached hydrogens (tertiary/aromatic N) is 1. The molecular formula is C13H16N2O. The van der Waals surface area contributed by atoms with E-state index in [2.05, 4.69) is 23.8 Å². The van der Waals surface area contributed by atoms with Crippen molar-refractivity contribution in [2.24, 2.45) is 0 Å². The smallest absolute Gasteiger partial charge is 0.109 e. The fraction of sp³-hybridized carbons (Fsp3) is 0.462. The summed E-state index contributed by atoms with van der Waals surface area (Å²) in [6.07, 6.45) is 1.76. The van der Waals surface area contributed by atoms with Crippen LogP contribution in [0.3, 0.4) is 0 Å². The highest BCUT2D eigenvalue weighted by Gasteiger charge is 2.42. The van der Waals surface area contributed by atoms with Gasteiger partial charge in [-0.1, -0.05) is 19.9 Å². The minimum absolute atomic E-state index is 0.403. The highest BCUT2D eigenvalue weighted by atomic mass is 16.3. The van der Waals surface area contributed by atoms with Crippen molar-refractivity contribution in [2.45, 2.75) is 38.2 Å². The Morgan fingerprint density at radius 3 is 2.75 bits per heavy atom. The minimum atomic E-state index is -0.558. The molecule has 16 heavy (non-hydrogen) atoms. The van der Waals surface area contributed by atoms with Crippen LogP contribution in [-0.2, 0) is 5.60 Å². The SMILES string of the molecule is CC(C)c1nc2ccc(C3(O)CC3)cc2[nH]1. The Bertz CT molecular complexity index is 538. The summed E-state index contributed by atoms with van der Waals surface area (Å²) in [7, 11) is 0. The van der Waals surface area contributed by atoms with E-state index in [0.29, 0.717) is 5.92 Å². The molecule has 1 heterocycles. The number of fused-ring (bicyclic) bond motifs is 1. The van der Waals surface area contributed by atoms with Gasteiger partial charge >= 0.3 is 0 Å². The lowest BCUT2D eigenvalue weighted by atomic mass is 10.1. The molecule has 2 N–H and O–H groups in total. The van der Waals surface area contributed by atoms with Crippen LogP contribution in [0.4, 0.5) is 0 Å². The van der Waals surface area contributed by atoms with Crippen LogP contribution in [0, 0.1) is 0 Å². The second-order valence-electron chi connectivity index (χ2n) is 5.04. The largest absolute Gasteiger partial charge is 0.385 e. The van der Waals surface area contributed by atoms with Crippen molar-refractivity contribution >= 4 is 11.0 Å². The predicted molar refractivity (Wildman–Crippen MR) is 63.3 cm³/mol. The van der Waals surface area contributed by atoms with Gasteiger partial charge < -0.3 is 10.1 Å². The lowest BCUT2D eigenvalue weighted by Gasteiger charge is -2.06. The van der Waals surface area contributed by atoms with E-state index in [9.17, 15) is 5.11 Å². The summed E-state index contributed by atoms with van der Waals surface area (Å²) in [6, 6.07) is 6.00. The van der Waals surface area contributed by atoms with Crippen molar-refractivity contribution in [3.63, 3.8) is 0 Å².